The molecule has 1 atom stereocenters. The van der Waals surface area contributed by atoms with Gasteiger partial charge in [-0.1, -0.05) is 0 Å². The number of rotatable bonds is 3. The Morgan fingerprint density at radius 2 is 2.12 bits per heavy atom. The fourth-order valence-electron chi connectivity index (χ4n) is 2.81. The third kappa shape index (κ3) is 2.57. The van der Waals surface area contributed by atoms with Crippen molar-refractivity contribution in [1.82, 2.24) is 20.1 Å². The Balaban J connectivity index is 1.95. The number of halogens is 2. The lowest BCUT2D eigenvalue weighted by Gasteiger charge is -2.11. The van der Waals surface area contributed by atoms with E-state index in [9.17, 15) is 8.78 Å². The Morgan fingerprint density at radius 3 is 2.84 bits per heavy atom. The Labute approximate surface area is 141 Å². The highest BCUT2D eigenvalue weighted by Gasteiger charge is 2.24. The van der Waals surface area contributed by atoms with Gasteiger partial charge in [0.2, 0.25) is 12.2 Å². The maximum atomic E-state index is 13.8. The number of hydrogen-bond donors (Lipinski definition) is 2. The van der Waals surface area contributed by atoms with Crippen LogP contribution >= 0.6 is 0 Å². The van der Waals surface area contributed by atoms with Crippen molar-refractivity contribution in [3.8, 4) is 17.3 Å². The van der Waals surface area contributed by atoms with Crippen LogP contribution in [0.15, 0.2) is 24.3 Å². The summed E-state index contributed by atoms with van der Waals surface area (Å²) in [7, 11) is 1.45. The second-order valence-corrected chi connectivity index (χ2v) is 5.55. The fraction of sp³-hybridized carbons (Fsp3) is 0.250. The van der Waals surface area contributed by atoms with E-state index in [-0.39, 0.29) is 5.88 Å². The van der Waals surface area contributed by atoms with E-state index in [1.807, 2.05) is 0 Å². The summed E-state index contributed by atoms with van der Waals surface area (Å²) in [5, 5.41) is 7.97. The van der Waals surface area contributed by atoms with Crippen LogP contribution in [-0.2, 0) is 4.74 Å². The maximum absolute atomic E-state index is 13.8. The van der Waals surface area contributed by atoms with Crippen LogP contribution in [0.2, 0.25) is 0 Å². The molecule has 2 aromatic heterocycles. The Hall–Kier alpha value is -2.78. The molecule has 0 bridgehead atoms. The first-order chi connectivity index (χ1) is 12.1. The maximum Gasteiger partial charge on any atom is 0.237 e. The van der Waals surface area contributed by atoms with Crippen LogP contribution in [0.1, 0.15) is 6.35 Å². The molecule has 25 heavy (non-hydrogen) atoms. The third-order valence-electron chi connectivity index (χ3n) is 3.99. The molecule has 1 aliphatic rings. The summed E-state index contributed by atoms with van der Waals surface area (Å²) in [6, 6.07) is 5.46. The van der Waals surface area contributed by atoms with Gasteiger partial charge < -0.3 is 15.2 Å². The summed E-state index contributed by atoms with van der Waals surface area (Å²) in [6.07, 6.45) is -0.559. The number of nitrogen functional groups attached to an aromatic ring is 1. The zero-order valence-corrected chi connectivity index (χ0v) is 13.3. The van der Waals surface area contributed by atoms with E-state index in [1.165, 1.54) is 11.8 Å². The molecule has 0 saturated carbocycles. The topological polar surface area (TPSA) is 87.2 Å². The van der Waals surface area contributed by atoms with Gasteiger partial charge in [0.15, 0.2) is 11.6 Å². The quantitative estimate of drug-likeness (QED) is 0.754. The van der Waals surface area contributed by atoms with E-state index in [1.54, 1.807) is 12.1 Å². The van der Waals surface area contributed by atoms with Gasteiger partial charge in [0.1, 0.15) is 5.69 Å². The van der Waals surface area contributed by atoms with Gasteiger partial charge >= 0.3 is 0 Å². The van der Waals surface area contributed by atoms with E-state index >= 15 is 0 Å². The first-order valence-corrected chi connectivity index (χ1v) is 7.61. The molecule has 0 radical (unpaired) electrons. The normalized spacial score (nSPS) is 17.3. The van der Waals surface area contributed by atoms with Crippen LogP contribution in [0, 0.1) is 11.6 Å². The predicted molar refractivity (Wildman–Crippen MR) is 86.8 cm³/mol. The summed E-state index contributed by atoms with van der Waals surface area (Å²) in [5.41, 5.74) is 7.36. The van der Waals surface area contributed by atoms with Crippen LogP contribution in [-0.4, -0.2) is 35.0 Å². The van der Waals surface area contributed by atoms with Crippen LogP contribution in [0.4, 0.5) is 14.5 Å². The summed E-state index contributed by atoms with van der Waals surface area (Å²) in [4.78, 5) is 4.30. The highest BCUT2D eigenvalue weighted by atomic mass is 19.2. The molecule has 9 heteroatoms. The second-order valence-electron chi connectivity index (χ2n) is 5.55. The van der Waals surface area contributed by atoms with Gasteiger partial charge in [0, 0.05) is 18.0 Å². The van der Waals surface area contributed by atoms with E-state index < -0.39 is 18.0 Å². The number of pyridine rings is 1. The van der Waals surface area contributed by atoms with E-state index in [4.69, 9.17) is 15.2 Å². The number of benzene rings is 1. The zero-order chi connectivity index (χ0) is 17.6. The monoisotopic (exact) mass is 347 g/mol. The van der Waals surface area contributed by atoms with E-state index in [2.05, 4.69) is 15.4 Å². The molecule has 1 aromatic carbocycles. The molecule has 3 N–H and O–H groups in total. The smallest absolute Gasteiger partial charge is 0.237 e. The lowest BCUT2D eigenvalue weighted by Crippen LogP contribution is -2.22. The van der Waals surface area contributed by atoms with Crippen LogP contribution in [0.25, 0.3) is 22.3 Å². The van der Waals surface area contributed by atoms with Gasteiger partial charge in [-0.2, -0.15) is 5.10 Å². The highest BCUT2D eigenvalue weighted by Crippen LogP contribution is 2.32. The van der Waals surface area contributed by atoms with Gasteiger partial charge in [-0.05, 0) is 18.2 Å². The van der Waals surface area contributed by atoms with Crippen molar-refractivity contribution in [2.75, 3.05) is 26.0 Å². The lowest BCUT2D eigenvalue weighted by molar-refractivity contribution is 0.0381. The average molecular weight is 347 g/mol. The number of hydrogen-bond acceptors (Lipinski definition) is 6. The van der Waals surface area contributed by atoms with Gasteiger partial charge in [-0.25, -0.2) is 18.4 Å². The van der Waals surface area contributed by atoms with Gasteiger partial charge in [0.05, 0.1) is 30.6 Å². The molecule has 1 saturated heterocycles. The number of aromatic nitrogens is 3. The summed E-state index contributed by atoms with van der Waals surface area (Å²) < 4.78 is 39.7. The minimum atomic E-state index is -0.962. The van der Waals surface area contributed by atoms with E-state index in [0.29, 0.717) is 41.1 Å². The molecule has 1 unspecified atom stereocenters. The van der Waals surface area contributed by atoms with Crippen molar-refractivity contribution in [2.45, 2.75) is 6.35 Å². The number of methoxy groups -OCH3 is 1. The average Bonchev–Trinajstić information content (AvgIpc) is 3.24. The summed E-state index contributed by atoms with van der Waals surface area (Å²) >= 11 is 0. The fourth-order valence-corrected chi connectivity index (χ4v) is 2.81. The molecular formula is C16H15F2N5O2. The Kier molecular flexibility index (Phi) is 3.74. The van der Waals surface area contributed by atoms with Crippen LogP contribution < -0.4 is 15.8 Å². The third-order valence-corrected chi connectivity index (χ3v) is 3.99. The minimum Gasteiger partial charge on any atom is -0.480 e. The first kappa shape index (κ1) is 15.7. The number of fused-ring (bicyclic) bond motifs is 1. The standard InChI is InChI=1S/C16H15F2N5O2/c1-24-15-11(19)2-3-12(21-15)14-8-6-9(17)10(18)7-13(8)23(22-14)16-20-4-5-25-16/h2-3,6-7,16,20H,4-5,19H2,1H3. The van der Waals surface area contributed by atoms with Crippen molar-refractivity contribution < 1.29 is 18.3 Å². The molecule has 1 fully saturated rings. The molecule has 0 spiro atoms. The number of nitrogens with zero attached hydrogens (tertiary/aromatic N) is 3. The summed E-state index contributed by atoms with van der Waals surface area (Å²) in [6.45, 7) is 1.14. The van der Waals surface area contributed by atoms with Crippen LogP contribution in [0.5, 0.6) is 5.88 Å². The lowest BCUT2D eigenvalue weighted by atomic mass is 10.1. The highest BCUT2D eigenvalue weighted by molar-refractivity contribution is 5.92. The molecule has 3 heterocycles. The Morgan fingerprint density at radius 1 is 1.32 bits per heavy atom. The number of nitrogens with one attached hydrogen (secondary N) is 1. The van der Waals surface area contributed by atoms with Crippen molar-refractivity contribution >= 4 is 16.6 Å². The van der Waals surface area contributed by atoms with Gasteiger partial charge in [-0.15, -0.1) is 0 Å². The molecule has 130 valence electrons. The van der Waals surface area contributed by atoms with Gasteiger partial charge in [-0.3, -0.25) is 5.32 Å². The first-order valence-electron chi connectivity index (χ1n) is 7.61. The number of nitrogens with two attached hydrogens (primary N) is 1. The zero-order valence-electron chi connectivity index (χ0n) is 13.3. The molecule has 0 amide bonds. The largest absolute Gasteiger partial charge is 0.480 e. The molecule has 3 aromatic rings. The van der Waals surface area contributed by atoms with E-state index in [0.717, 1.165) is 12.1 Å². The van der Waals surface area contributed by atoms with Crippen molar-refractivity contribution in [2.24, 2.45) is 0 Å². The molecular weight excluding hydrogens is 332 g/mol. The molecule has 0 aliphatic carbocycles. The number of ether oxygens (including phenoxy) is 2. The van der Waals surface area contributed by atoms with Crippen molar-refractivity contribution in [1.29, 1.82) is 0 Å². The number of anilines is 1. The minimum absolute atomic E-state index is 0.234. The molecule has 1 aliphatic heterocycles. The van der Waals surface area contributed by atoms with Crippen molar-refractivity contribution in [3.05, 3.63) is 35.9 Å². The molecule has 4 rings (SSSR count). The van der Waals surface area contributed by atoms with Crippen LogP contribution in [0.3, 0.4) is 0 Å². The molecule has 7 nitrogen and oxygen atoms in total. The summed E-state index contributed by atoms with van der Waals surface area (Å²) in [5.74, 6) is -1.69. The van der Waals surface area contributed by atoms with Crippen molar-refractivity contribution in [3.63, 3.8) is 0 Å². The Bertz CT molecular complexity index is 953. The SMILES string of the molecule is COc1nc(-c2nn(C3NCCO3)c3cc(F)c(F)cc23)ccc1N. The van der Waals surface area contributed by atoms with Gasteiger partial charge in [0.25, 0.3) is 0 Å². The second kappa shape index (κ2) is 5.94. The predicted octanol–water partition coefficient (Wildman–Crippen LogP) is 2.04.